The fraction of sp³-hybridized carbons (Fsp3) is 0.945. The number of hydrogen-bond acceptors (Lipinski definition) is 6. The highest BCUT2D eigenvalue weighted by molar-refractivity contribution is 5.71. The van der Waals surface area contributed by atoms with Gasteiger partial charge in [0, 0.05) is 19.3 Å². The van der Waals surface area contributed by atoms with Gasteiger partial charge in [-0.15, -0.1) is 0 Å². The van der Waals surface area contributed by atoms with Crippen LogP contribution in [-0.4, -0.2) is 37.2 Å². The molecule has 0 heterocycles. The number of esters is 3. The van der Waals surface area contributed by atoms with Crippen LogP contribution in [0.2, 0.25) is 0 Å². The molecule has 362 valence electrons. The van der Waals surface area contributed by atoms with Crippen molar-refractivity contribution in [3.05, 3.63) is 0 Å². The Bertz CT molecular complexity index is 945. The number of rotatable bonds is 48. The predicted octanol–water partition coefficient (Wildman–Crippen LogP) is 17.6. The molecule has 0 aromatic heterocycles. The fourth-order valence-corrected chi connectivity index (χ4v) is 8.29. The van der Waals surface area contributed by atoms with Crippen LogP contribution < -0.4 is 0 Å². The molecule has 0 unspecified atom stereocenters. The molecule has 0 aliphatic rings. The Morgan fingerprint density at radius 1 is 0.279 bits per heavy atom. The maximum Gasteiger partial charge on any atom is 0.306 e. The van der Waals surface area contributed by atoms with E-state index in [9.17, 15) is 14.4 Å². The van der Waals surface area contributed by atoms with Gasteiger partial charge in [-0.2, -0.15) is 0 Å². The minimum atomic E-state index is -0.763. The van der Waals surface area contributed by atoms with Crippen molar-refractivity contribution in [1.82, 2.24) is 0 Å². The summed E-state index contributed by atoms with van der Waals surface area (Å²) in [5.41, 5.74) is 0. The highest BCUT2D eigenvalue weighted by Crippen LogP contribution is 2.18. The molecular formula is C55H106O6. The zero-order chi connectivity index (χ0) is 44.9. The maximum absolute atomic E-state index is 12.8. The van der Waals surface area contributed by atoms with Gasteiger partial charge < -0.3 is 14.2 Å². The Balaban J connectivity index is 4.27. The topological polar surface area (TPSA) is 78.9 Å². The summed E-state index contributed by atoms with van der Waals surface area (Å²) in [6, 6.07) is 0. The third-order valence-corrected chi connectivity index (χ3v) is 12.4. The third-order valence-electron chi connectivity index (χ3n) is 12.4. The number of unbranched alkanes of at least 4 members (excludes halogenated alkanes) is 31. The molecular weight excluding hydrogens is 757 g/mol. The van der Waals surface area contributed by atoms with Gasteiger partial charge in [0.15, 0.2) is 6.10 Å². The van der Waals surface area contributed by atoms with Crippen molar-refractivity contribution < 1.29 is 28.6 Å². The largest absolute Gasteiger partial charge is 0.462 e. The molecule has 0 aliphatic carbocycles. The first kappa shape index (κ1) is 59.4. The first-order valence-electron chi connectivity index (χ1n) is 27.1. The van der Waals surface area contributed by atoms with Crippen LogP contribution in [0.25, 0.3) is 0 Å². The minimum absolute atomic E-state index is 0.0646. The summed E-state index contributed by atoms with van der Waals surface area (Å²) in [6.45, 7) is 13.7. The second kappa shape index (κ2) is 46.4. The molecule has 1 atom stereocenters. The van der Waals surface area contributed by atoms with E-state index in [1.165, 1.54) is 180 Å². The van der Waals surface area contributed by atoms with Crippen LogP contribution in [0.3, 0.4) is 0 Å². The fourth-order valence-electron chi connectivity index (χ4n) is 8.29. The molecule has 0 radical (unpaired) electrons. The average molecular weight is 863 g/mol. The Kier molecular flexibility index (Phi) is 45.2. The molecule has 0 bridgehead atoms. The van der Waals surface area contributed by atoms with Gasteiger partial charge in [0.1, 0.15) is 13.2 Å². The normalized spacial score (nSPS) is 12.1. The summed E-state index contributed by atoms with van der Waals surface area (Å²) in [7, 11) is 0. The minimum Gasteiger partial charge on any atom is -0.462 e. The van der Waals surface area contributed by atoms with Crippen molar-refractivity contribution >= 4 is 17.9 Å². The van der Waals surface area contributed by atoms with Crippen molar-refractivity contribution in [1.29, 1.82) is 0 Å². The maximum atomic E-state index is 12.8. The van der Waals surface area contributed by atoms with E-state index >= 15 is 0 Å². The highest BCUT2D eigenvalue weighted by Gasteiger charge is 2.19. The molecule has 0 rings (SSSR count). The average Bonchev–Trinajstić information content (AvgIpc) is 3.22. The highest BCUT2D eigenvalue weighted by atomic mass is 16.6. The molecule has 0 saturated carbocycles. The van der Waals surface area contributed by atoms with E-state index in [4.69, 9.17) is 14.2 Å². The molecule has 6 heteroatoms. The van der Waals surface area contributed by atoms with Gasteiger partial charge in [0.05, 0.1) is 0 Å². The van der Waals surface area contributed by atoms with Crippen LogP contribution in [-0.2, 0) is 28.6 Å². The van der Waals surface area contributed by atoms with Gasteiger partial charge >= 0.3 is 17.9 Å². The number of ether oxygens (including phenoxy) is 3. The number of carbonyl (C=O) groups excluding carboxylic acids is 3. The molecule has 0 fully saturated rings. The summed E-state index contributed by atoms with van der Waals surface area (Å²) in [6.07, 6.45) is 46.7. The van der Waals surface area contributed by atoms with E-state index in [0.717, 1.165) is 75.5 Å². The predicted molar refractivity (Wildman–Crippen MR) is 261 cm³/mol. The van der Waals surface area contributed by atoms with Crippen LogP contribution in [0.15, 0.2) is 0 Å². The molecule has 6 nitrogen and oxygen atoms in total. The lowest BCUT2D eigenvalue weighted by atomic mass is 10.0. The number of hydrogen-bond donors (Lipinski definition) is 0. The van der Waals surface area contributed by atoms with E-state index in [1.54, 1.807) is 0 Å². The summed E-state index contributed by atoms with van der Waals surface area (Å²) in [5, 5.41) is 0. The summed E-state index contributed by atoms with van der Waals surface area (Å²) in [4.78, 5) is 38.0. The Morgan fingerprint density at radius 2 is 0.475 bits per heavy atom. The molecule has 0 saturated heterocycles. The zero-order valence-electron chi connectivity index (χ0n) is 42.0. The van der Waals surface area contributed by atoms with E-state index in [-0.39, 0.29) is 31.1 Å². The molecule has 61 heavy (non-hydrogen) atoms. The smallest absolute Gasteiger partial charge is 0.306 e. The van der Waals surface area contributed by atoms with Gasteiger partial charge in [0.2, 0.25) is 0 Å². The van der Waals surface area contributed by atoms with Gasteiger partial charge in [-0.25, -0.2) is 0 Å². The van der Waals surface area contributed by atoms with Gasteiger partial charge in [-0.05, 0) is 37.0 Å². The molecule has 0 aliphatic heterocycles. The van der Waals surface area contributed by atoms with Crippen LogP contribution in [0.1, 0.15) is 298 Å². The second-order valence-corrected chi connectivity index (χ2v) is 20.3. The lowest BCUT2D eigenvalue weighted by Gasteiger charge is -2.18. The Morgan fingerprint density at radius 3 is 0.705 bits per heavy atom. The standard InChI is InChI=1S/C55H106O6/c1-49(2)41-35-29-23-17-13-9-7-8-10-15-19-26-32-38-44-53(56)59-47-52(61-55(58)46-40-34-28-22-21-25-31-37-43-51(5)6)48-60-54(57)45-39-33-27-20-16-12-11-14-18-24-30-36-42-50(3)4/h49-52H,7-48H2,1-6H3/t52-/m1/s1. The molecule has 0 aromatic carbocycles. The van der Waals surface area contributed by atoms with Gasteiger partial charge in [-0.1, -0.05) is 260 Å². The van der Waals surface area contributed by atoms with E-state index in [1.807, 2.05) is 0 Å². The van der Waals surface area contributed by atoms with Gasteiger partial charge in [-0.3, -0.25) is 14.4 Å². The number of carbonyl (C=O) groups is 3. The molecule has 0 amide bonds. The van der Waals surface area contributed by atoms with Crippen molar-refractivity contribution in [2.75, 3.05) is 13.2 Å². The van der Waals surface area contributed by atoms with Crippen molar-refractivity contribution in [3.8, 4) is 0 Å². The second-order valence-electron chi connectivity index (χ2n) is 20.3. The van der Waals surface area contributed by atoms with E-state index < -0.39 is 6.10 Å². The lowest BCUT2D eigenvalue weighted by molar-refractivity contribution is -0.167. The first-order chi connectivity index (χ1) is 29.6. The first-order valence-corrected chi connectivity index (χ1v) is 27.1. The third kappa shape index (κ3) is 49.3. The van der Waals surface area contributed by atoms with Crippen molar-refractivity contribution in [3.63, 3.8) is 0 Å². The summed E-state index contributed by atoms with van der Waals surface area (Å²) < 4.78 is 16.8. The van der Waals surface area contributed by atoms with E-state index in [2.05, 4.69) is 41.5 Å². The van der Waals surface area contributed by atoms with Crippen molar-refractivity contribution in [2.24, 2.45) is 17.8 Å². The monoisotopic (exact) mass is 863 g/mol. The molecule has 0 aromatic rings. The van der Waals surface area contributed by atoms with Gasteiger partial charge in [0.25, 0.3) is 0 Å². The van der Waals surface area contributed by atoms with Crippen LogP contribution in [0, 0.1) is 17.8 Å². The SMILES string of the molecule is CC(C)CCCCCCCCCCCCCCCCC(=O)OC[C@H](COC(=O)CCCCCCCCCCCCCCC(C)C)OC(=O)CCCCCCCCCCC(C)C. The van der Waals surface area contributed by atoms with Crippen molar-refractivity contribution in [2.45, 2.75) is 304 Å². The quantitative estimate of drug-likeness (QED) is 0.0344. The van der Waals surface area contributed by atoms with Crippen LogP contribution >= 0.6 is 0 Å². The van der Waals surface area contributed by atoms with Crippen LogP contribution in [0.4, 0.5) is 0 Å². The Hall–Kier alpha value is -1.59. The molecule has 0 N–H and O–H groups in total. The van der Waals surface area contributed by atoms with E-state index in [0.29, 0.717) is 19.3 Å². The van der Waals surface area contributed by atoms with Crippen LogP contribution in [0.5, 0.6) is 0 Å². The summed E-state index contributed by atoms with van der Waals surface area (Å²) in [5.74, 6) is 1.62. The lowest BCUT2D eigenvalue weighted by Crippen LogP contribution is -2.30. The molecule has 0 spiro atoms. The Labute approximate surface area is 380 Å². The zero-order valence-corrected chi connectivity index (χ0v) is 42.0. The summed E-state index contributed by atoms with van der Waals surface area (Å²) >= 11 is 0.